The van der Waals surface area contributed by atoms with Crippen LogP contribution in [0.2, 0.25) is 10.0 Å². The summed E-state index contributed by atoms with van der Waals surface area (Å²) in [4.78, 5) is 30.8. The molecular formula is C31H32Cl2N6O3. The fourth-order valence-corrected chi connectivity index (χ4v) is 6.26. The number of ether oxygens (including phenoxy) is 1. The zero-order valence-electron chi connectivity index (χ0n) is 23.5. The van der Waals surface area contributed by atoms with Crippen molar-refractivity contribution in [1.29, 1.82) is 0 Å². The van der Waals surface area contributed by atoms with E-state index >= 15 is 0 Å². The van der Waals surface area contributed by atoms with Crippen molar-refractivity contribution >= 4 is 35.0 Å². The molecule has 4 heterocycles. The maximum Gasteiger partial charge on any atom is 0.257 e. The maximum atomic E-state index is 13.6. The minimum atomic E-state index is -0.351. The third kappa shape index (κ3) is 5.76. The second-order valence-electron chi connectivity index (χ2n) is 11.0. The number of hydrogen-bond acceptors (Lipinski definition) is 5. The van der Waals surface area contributed by atoms with Gasteiger partial charge in [0, 0.05) is 47.1 Å². The summed E-state index contributed by atoms with van der Waals surface area (Å²) in [6.07, 6.45) is 3.98. The molecule has 0 saturated carbocycles. The maximum absolute atomic E-state index is 13.6. The highest BCUT2D eigenvalue weighted by molar-refractivity contribution is 6.31. The lowest BCUT2D eigenvalue weighted by Gasteiger charge is -2.37. The highest BCUT2D eigenvalue weighted by atomic mass is 35.5. The molecule has 0 bridgehead atoms. The van der Waals surface area contributed by atoms with Gasteiger partial charge in [-0.15, -0.1) is 5.10 Å². The summed E-state index contributed by atoms with van der Waals surface area (Å²) in [6.45, 7) is 6.49. The van der Waals surface area contributed by atoms with Crippen LogP contribution in [0.5, 0.6) is 11.5 Å². The van der Waals surface area contributed by atoms with Gasteiger partial charge in [-0.2, -0.15) is 0 Å². The van der Waals surface area contributed by atoms with Gasteiger partial charge in [-0.3, -0.25) is 9.59 Å². The quantitative estimate of drug-likeness (QED) is 0.260. The van der Waals surface area contributed by atoms with Crippen molar-refractivity contribution in [2.24, 2.45) is 0 Å². The molecule has 2 fully saturated rings. The van der Waals surface area contributed by atoms with E-state index in [0.29, 0.717) is 72.5 Å². The summed E-state index contributed by atoms with van der Waals surface area (Å²) in [6, 6.07) is 15.9. The van der Waals surface area contributed by atoms with E-state index in [0.717, 1.165) is 17.1 Å². The lowest BCUT2D eigenvalue weighted by atomic mass is 10.0. The van der Waals surface area contributed by atoms with Crippen LogP contribution in [0, 0.1) is 13.8 Å². The molecule has 218 valence electrons. The third-order valence-electron chi connectivity index (χ3n) is 8.21. The molecule has 6 rings (SSSR count). The van der Waals surface area contributed by atoms with Crippen molar-refractivity contribution in [3.63, 3.8) is 0 Å². The molecule has 0 spiro atoms. The predicted octanol–water partition coefficient (Wildman–Crippen LogP) is 5.92. The van der Waals surface area contributed by atoms with E-state index in [1.165, 1.54) is 0 Å². The average molecular weight is 608 g/mol. The van der Waals surface area contributed by atoms with E-state index in [1.807, 2.05) is 11.1 Å². The second kappa shape index (κ2) is 11.8. The molecule has 0 N–H and O–H groups in total. The number of piperidine rings is 1. The summed E-state index contributed by atoms with van der Waals surface area (Å²) < 4.78 is 9.91. The van der Waals surface area contributed by atoms with Gasteiger partial charge in [0.1, 0.15) is 23.2 Å². The summed E-state index contributed by atoms with van der Waals surface area (Å²) in [5, 5.41) is 9.65. The molecule has 2 saturated heterocycles. The van der Waals surface area contributed by atoms with Gasteiger partial charge < -0.3 is 19.1 Å². The smallest absolute Gasteiger partial charge is 0.257 e. The average Bonchev–Trinajstić information content (AvgIpc) is 3.69. The van der Waals surface area contributed by atoms with Gasteiger partial charge in [0.2, 0.25) is 5.91 Å². The van der Waals surface area contributed by atoms with E-state index in [2.05, 4.69) is 40.9 Å². The van der Waals surface area contributed by atoms with Crippen LogP contribution in [-0.4, -0.2) is 66.9 Å². The number of aromatic nitrogens is 4. The van der Waals surface area contributed by atoms with Gasteiger partial charge in [-0.25, -0.2) is 4.68 Å². The Morgan fingerprint density at radius 3 is 2.43 bits per heavy atom. The normalized spacial score (nSPS) is 17.7. The number of benzene rings is 2. The highest BCUT2D eigenvalue weighted by Gasteiger charge is 2.39. The minimum absolute atomic E-state index is 0.0663. The van der Waals surface area contributed by atoms with Crippen LogP contribution in [0.3, 0.4) is 0 Å². The molecule has 2 amide bonds. The van der Waals surface area contributed by atoms with Crippen molar-refractivity contribution < 1.29 is 14.3 Å². The Morgan fingerprint density at radius 1 is 0.952 bits per heavy atom. The van der Waals surface area contributed by atoms with Gasteiger partial charge in [0.15, 0.2) is 0 Å². The van der Waals surface area contributed by atoms with Crippen LogP contribution < -0.4 is 4.74 Å². The number of likely N-dealkylation sites (tertiary alicyclic amines) is 2. The number of carbonyl (C=O) groups is 2. The van der Waals surface area contributed by atoms with E-state index < -0.39 is 0 Å². The van der Waals surface area contributed by atoms with Gasteiger partial charge in [0.25, 0.3) is 5.91 Å². The standard InChI is InChI=1S/C31H32Cl2N6O3/c1-20-6-7-21(2)38(20)18-24-19-39(35-34-24)28-12-15-37(31(28)41)25-10-13-36(14-11-25)30(40)27-17-23(33)8-9-29(27)42-26-5-3-4-22(32)16-26/h3-9,16-17,19,25,28H,10-15,18H2,1-2H3. The van der Waals surface area contributed by atoms with E-state index in [1.54, 1.807) is 52.0 Å². The first-order valence-electron chi connectivity index (χ1n) is 14.1. The first-order chi connectivity index (χ1) is 20.3. The van der Waals surface area contributed by atoms with E-state index in [-0.39, 0.29) is 23.9 Å². The molecular weight excluding hydrogens is 575 g/mol. The summed E-state index contributed by atoms with van der Waals surface area (Å²) in [7, 11) is 0. The molecule has 2 aliphatic rings. The SMILES string of the molecule is Cc1ccc(C)n1Cc1cn(C2CCN(C3CCN(C(=O)c4cc(Cl)ccc4Oc4cccc(Cl)c4)CC3)C2=O)nn1. The lowest BCUT2D eigenvalue weighted by Crippen LogP contribution is -2.47. The van der Waals surface area contributed by atoms with Crippen LogP contribution in [0.1, 0.15) is 52.7 Å². The number of rotatable bonds is 7. The molecule has 4 aromatic rings. The highest BCUT2D eigenvalue weighted by Crippen LogP contribution is 2.32. The molecule has 1 atom stereocenters. The number of nitrogens with zero attached hydrogens (tertiary/aromatic N) is 6. The van der Waals surface area contributed by atoms with Crippen molar-refractivity contribution in [3.8, 4) is 11.5 Å². The van der Waals surface area contributed by atoms with Crippen LogP contribution in [0.4, 0.5) is 0 Å². The van der Waals surface area contributed by atoms with E-state index in [4.69, 9.17) is 27.9 Å². The predicted molar refractivity (Wildman–Crippen MR) is 160 cm³/mol. The second-order valence-corrected chi connectivity index (χ2v) is 11.8. The Balaban J connectivity index is 1.08. The summed E-state index contributed by atoms with van der Waals surface area (Å²) >= 11 is 12.4. The molecule has 2 aromatic carbocycles. The zero-order valence-corrected chi connectivity index (χ0v) is 25.1. The molecule has 2 aromatic heterocycles. The number of hydrogen-bond donors (Lipinski definition) is 0. The Kier molecular flexibility index (Phi) is 7.96. The molecule has 9 nitrogen and oxygen atoms in total. The zero-order chi connectivity index (χ0) is 29.4. The number of aryl methyl sites for hydroxylation is 2. The fraction of sp³-hybridized carbons (Fsp3) is 0.355. The first kappa shape index (κ1) is 28.3. The third-order valence-corrected chi connectivity index (χ3v) is 8.68. The Morgan fingerprint density at radius 2 is 1.69 bits per heavy atom. The minimum Gasteiger partial charge on any atom is -0.456 e. The Bertz CT molecular complexity index is 1600. The summed E-state index contributed by atoms with van der Waals surface area (Å²) in [5.41, 5.74) is 3.55. The van der Waals surface area contributed by atoms with Crippen molar-refractivity contribution in [2.45, 2.75) is 51.7 Å². The topological polar surface area (TPSA) is 85.5 Å². The van der Waals surface area contributed by atoms with Crippen LogP contribution in [0.25, 0.3) is 0 Å². The van der Waals surface area contributed by atoms with Crippen molar-refractivity contribution in [2.75, 3.05) is 19.6 Å². The number of carbonyl (C=O) groups excluding carboxylic acids is 2. The molecule has 2 aliphatic heterocycles. The van der Waals surface area contributed by atoms with E-state index in [9.17, 15) is 9.59 Å². The lowest BCUT2D eigenvalue weighted by molar-refractivity contribution is -0.133. The molecule has 42 heavy (non-hydrogen) atoms. The van der Waals surface area contributed by atoms with Crippen molar-refractivity contribution in [3.05, 3.63) is 93.5 Å². The monoisotopic (exact) mass is 606 g/mol. The van der Waals surface area contributed by atoms with Gasteiger partial charge in [-0.1, -0.05) is 34.5 Å². The van der Waals surface area contributed by atoms with Gasteiger partial charge >= 0.3 is 0 Å². The largest absolute Gasteiger partial charge is 0.456 e. The van der Waals surface area contributed by atoms with Crippen LogP contribution in [-0.2, 0) is 11.3 Å². The number of halogens is 2. The fourth-order valence-electron chi connectivity index (χ4n) is 5.91. The molecule has 11 heteroatoms. The number of amides is 2. The van der Waals surface area contributed by atoms with Crippen LogP contribution in [0.15, 0.2) is 60.8 Å². The molecule has 0 radical (unpaired) electrons. The van der Waals surface area contributed by atoms with Gasteiger partial charge in [-0.05, 0) is 81.6 Å². The summed E-state index contributed by atoms with van der Waals surface area (Å²) in [5.74, 6) is 0.869. The van der Waals surface area contributed by atoms with Crippen molar-refractivity contribution in [1.82, 2.24) is 29.4 Å². The Labute approximate surface area is 254 Å². The Hall–Kier alpha value is -3.82. The first-order valence-corrected chi connectivity index (χ1v) is 14.9. The van der Waals surface area contributed by atoms with Crippen LogP contribution >= 0.6 is 23.2 Å². The van der Waals surface area contributed by atoms with Gasteiger partial charge in [0.05, 0.1) is 18.3 Å². The molecule has 0 aliphatic carbocycles. The molecule has 1 unspecified atom stereocenters.